The molecule has 0 unspecified atom stereocenters. The zero-order valence-electron chi connectivity index (χ0n) is 10.8. The number of nitrogens with zero attached hydrogens (tertiary/aromatic N) is 2. The van der Waals surface area contributed by atoms with E-state index in [1.54, 1.807) is 16.9 Å². The molecule has 0 aliphatic heterocycles. The zero-order valence-corrected chi connectivity index (χ0v) is 11.6. The van der Waals surface area contributed by atoms with Crippen molar-refractivity contribution in [3.8, 4) is 11.5 Å². The molecule has 0 radical (unpaired) electrons. The van der Waals surface area contributed by atoms with Crippen LogP contribution < -0.4 is 5.32 Å². The van der Waals surface area contributed by atoms with Crippen molar-refractivity contribution in [1.82, 2.24) is 15.1 Å². The van der Waals surface area contributed by atoms with Crippen LogP contribution in [0.25, 0.3) is 0 Å². The molecule has 110 valence electrons. The standard InChI is InChI=1S/C13H16FN3O2.ClH/c14-4-6-17-11(3-5-16-17)9-15-8-10-1-2-12(18)7-13(10)19;/h1-3,5,7,15,18-19H,4,6,8-9H2;1H. The smallest absolute Gasteiger partial charge is 0.123 e. The quantitative estimate of drug-likeness (QED) is 0.763. The molecular formula is C13H17ClFN3O2. The molecule has 1 aromatic heterocycles. The summed E-state index contributed by atoms with van der Waals surface area (Å²) in [6.45, 7) is 0.773. The number of rotatable bonds is 6. The van der Waals surface area contributed by atoms with Crippen molar-refractivity contribution in [2.24, 2.45) is 0 Å². The van der Waals surface area contributed by atoms with Gasteiger partial charge in [0.1, 0.15) is 18.2 Å². The summed E-state index contributed by atoms with van der Waals surface area (Å²) in [5, 5.41) is 26.0. The molecule has 1 aromatic carbocycles. The molecule has 3 N–H and O–H groups in total. The van der Waals surface area contributed by atoms with Crippen molar-refractivity contribution in [3.63, 3.8) is 0 Å². The highest BCUT2D eigenvalue weighted by atomic mass is 35.5. The Morgan fingerprint density at radius 3 is 2.70 bits per heavy atom. The lowest BCUT2D eigenvalue weighted by Crippen LogP contribution is -2.17. The summed E-state index contributed by atoms with van der Waals surface area (Å²) in [4.78, 5) is 0. The van der Waals surface area contributed by atoms with E-state index in [9.17, 15) is 14.6 Å². The first-order valence-electron chi connectivity index (χ1n) is 5.99. The molecule has 0 bridgehead atoms. The Morgan fingerprint density at radius 2 is 2.00 bits per heavy atom. The Kier molecular flexibility index (Phi) is 6.27. The van der Waals surface area contributed by atoms with Crippen molar-refractivity contribution >= 4 is 12.4 Å². The fourth-order valence-electron chi connectivity index (χ4n) is 1.82. The highest BCUT2D eigenvalue weighted by Gasteiger charge is 2.04. The van der Waals surface area contributed by atoms with Crippen LogP contribution in [0.1, 0.15) is 11.3 Å². The van der Waals surface area contributed by atoms with Gasteiger partial charge in [0.2, 0.25) is 0 Å². The summed E-state index contributed by atoms with van der Waals surface area (Å²) in [6.07, 6.45) is 1.63. The fraction of sp³-hybridized carbons (Fsp3) is 0.308. The van der Waals surface area contributed by atoms with Crippen molar-refractivity contribution < 1.29 is 14.6 Å². The number of nitrogens with one attached hydrogen (secondary N) is 1. The summed E-state index contributed by atoms with van der Waals surface area (Å²) in [5.41, 5.74) is 1.57. The lowest BCUT2D eigenvalue weighted by atomic mass is 10.2. The van der Waals surface area contributed by atoms with Gasteiger partial charge in [-0.2, -0.15) is 5.10 Å². The van der Waals surface area contributed by atoms with E-state index in [-0.39, 0.29) is 30.5 Å². The molecule has 0 spiro atoms. The van der Waals surface area contributed by atoms with E-state index in [0.29, 0.717) is 18.7 Å². The molecule has 0 saturated heterocycles. The average Bonchev–Trinajstić information content (AvgIpc) is 2.80. The number of hydrogen-bond acceptors (Lipinski definition) is 4. The number of benzene rings is 1. The van der Waals surface area contributed by atoms with Gasteiger partial charge in [0.25, 0.3) is 0 Å². The fourth-order valence-corrected chi connectivity index (χ4v) is 1.82. The summed E-state index contributed by atoms with van der Waals surface area (Å²) in [6, 6.07) is 6.28. The topological polar surface area (TPSA) is 70.3 Å². The van der Waals surface area contributed by atoms with Crippen molar-refractivity contribution in [3.05, 3.63) is 41.7 Å². The number of aromatic hydroxyl groups is 2. The number of alkyl halides is 1. The molecule has 2 rings (SSSR count). The van der Waals surface area contributed by atoms with Gasteiger partial charge >= 0.3 is 0 Å². The Labute approximate surface area is 122 Å². The molecule has 0 fully saturated rings. The molecule has 1 heterocycles. The lowest BCUT2D eigenvalue weighted by Gasteiger charge is -2.08. The summed E-state index contributed by atoms with van der Waals surface area (Å²) >= 11 is 0. The van der Waals surface area contributed by atoms with Gasteiger partial charge in [-0.3, -0.25) is 4.68 Å². The maximum atomic E-state index is 12.3. The number of aryl methyl sites for hydroxylation is 1. The molecule has 2 aromatic rings. The molecule has 20 heavy (non-hydrogen) atoms. The van der Waals surface area contributed by atoms with Gasteiger partial charge in [-0.15, -0.1) is 12.4 Å². The van der Waals surface area contributed by atoms with Gasteiger partial charge in [-0.1, -0.05) is 6.07 Å². The van der Waals surface area contributed by atoms with Crippen LogP contribution in [0.5, 0.6) is 11.5 Å². The van der Waals surface area contributed by atoms with Crippen LogP contribution in [-0.4, -0.2) is 26.7 Å². The Hall–Kier alpha value is -1.79. The van der Waals surface area contributed by atoms with Crippen LogP contribution in [0.3, 0.4) is 0 Å². The van der Waals surface area contributed by atoms with Crippen LogP contribution >= 0.6 is 12.4 Å². The summed E-state index contributed by atoms with van der Waals surface area (Å²) < 4.78 is 13.9. The van der Waals surface area contributed by atoms with Crippen LogP contribution in [0.2, 0.25) is 0 Å². The monoisotopic (exact) mass is 301 g/mol. The third-order valence-electron chi connectivity index (χ3n) is 2.79. The molecule has 0 amide bonds. The molecule has 0 saturated carbocycles. The second-order valence-electron chi connectivity index (χ2n) is 4.15. The number of phenols is 2. The predicted molar refractivity (Wildman–Crippen MR) is 75.8 cm³/mol. The maximum absolute atomic E-state index is 12.3. The van der Waals surface area contributed by atoms with Gasteiger partial charge in [0.15, 0.2) is 0 Å². The van der Waals surface area contributed by atoms with E-state index in [4.69, 9.17) is 0 Å². The van der Waals surface area contributed by atoms with E-state index in [2.05, 4.69) is 10.4 Å². The van der Waals surface area contributed by atoms with E-state index >= 15 is 0 Å². The first kappa shape index (κ1) is 16.3. The van der Waals surface area contributed by atoms with Crippen LogP contribution in [0, 0.1) is 0 Å². The van der Waals surface area contributed by atoms with Gasteiger partial charge in [-0.05, 0) is 12.1 Å². The van der Waals surface area contributed by atoms with Crippen molar-refractivity contribution in [2.75, 3.05) is 6.67 Å². The lowest BCUT2D eigenvalue weighted by molar-refractivity contribution is 0.416. The minimum absolute atomic E-state index is 0. The van der Waals surface area contributed by atoms with E-state index in [1.807, 2.05) is 6.07 Å². The number of halogens is 2. The van der Waals surface area contributed by atoms with E-state index in [1.165, 1.54) is 12.1 Å². The molecule has 5 nitrogen and oxygen atoms in total. The minimum Gasteiger partial charge on any atom is -0.508 e. The number of aromatic nitrogens is 2. The number of phenolic OH excluding ortho intramolecular Hbond substituents is 2. The Balaban J connectivity index is 0.00000200. The Bertz CT molecular complexity index is 548. The first-order valence-corrected chi connectivity index (χ1v) is 5.99. The van der Waals surface area contributed by atoms with E-state index in [0.717, 1.165) is 5.69 Å². The van der Waals surface area contributed by atoms with Crippen LogP contribution in [0.4, 0.5) is 4.39 Å². The summed E-state index contributed by atoms with van der Waals surface area (Å²) in [5.74, 6) is 0.0760. The second kappa shape index (κ2) is 7.72. The minimum atomic E-state index is -0.451. The third-order valence-corrected chi connectivity index (χ3v) is 2.79. The molecule has 7 heteroatoms. The third kappa shape index (κ3) is 4.11. The molecule has 0 atom stereocenters. The van der Waals surface area contributed by atoms with Gasteiger partial charge in [0, 0.05) is 30.9 Å². The number of hydrogen-bond donors (Lipinski definition) is 3. The highest BCUT2D eigenvalue weighted by Crippen LogP contribution is 2.22. The van der Waals surface area contributed by atoms with Crippen LogP contribution in [-0.2, 0) is 19.6 Å². The summed E-state index contributed by atoms with van der Waals surface area (Å²) in [7, 11) is 0. The highest BCUT2D eigenvalue weighted by molar-refractivity contribution is 5.85. The van der Waals surface area contributed by atoms with Crippen molar-refractivity contribution in [1.29, 1.82) is 0 Å². The normalized spacial score (nSPS) is 10.2. The van der Waals surface area contributed by atoms with E-state index < -0.39 is 6.67 Å². The second-order valence-corrected chi connectivity index (χ2v) is 4.15. The molecule has 0 aliphatic rings. The largest absolute Gasteiger partial charge is 0.508 e. The SMILES string of the molecule is Cl.Oc1ccc(CNCc2ccnn2CCF)c(O)c1. The average molecular weight is 302 g/mol. The maximum Gasteiger partial charge on any atom is 0.123 e. The first-order chi connectivity index (χ1) is 9.20. The van der Waals surface area contributed by atoms with Gasteiger partial charge in [0.05, 0.1) is 12.2 Å². The predicted octanol–water partition coefficient (Wildman–Crippen LogP) is 1.98. The molecule has 0 aliphatic carbocycles. The zero-order chi connectivity index (χ0) is 13.7. The van der Waals surface area contributed by atoms with Gasteiger partial charge < -0.3 is 15.5 Å². The molecular weight excluding hydrogens is 285 g/mol. The van der Waals surface area contributed by atoms with Crippen LogP contribution in [0.15, 0.2) is 30.5 Å². The Morgan fingerprint density at radius 1 is 1.20 bits per heavy atom. The van der Waals surface area contributed by atoms with Crippen molar-refractivity contribution in [2.45, 2.75) is 19.6 Å². The van der Waals surface area contributed by atoms with Gasteiger partial charge in [-0.25, -0.2) is 4.39 Å².